The van der Waals surface area contributed by atoms with Gasteiger partial charge in [-0.1, -0.05) is 0 Å². The maximum absolute atomic E-state index is 11.1. The lowest BCUT2D eigenvalue weighted by molar-refractivity contribution is -0.142. The van der Waals surface area contributed by atoms with Gasteiger partial charge in [0.25, 0.3) is 0 Å². The minimum atomic E-state index is -0.230. The van der Waals surface area contributed by atoms with E-state index in [-0.39, 0.29) is 18.6 Å². The molecule has 0 saturated heterocycles. The molecule has 0 amide bonds. The molecule has 90 valence electrons. The van der Waals surface area contributed by atoms with E-state index in [1.165, 1.54) is 0 Å². The number of methoxy groups -OCH3 is 1. The van der Waals surface area contributed by atoms with Crippen LogP contribution >= 0.6 is 0 Å². The molecule has 5 heteroatoms. The van der Waals surface area contributed by atoms with Crippen LogP contribution in [0.4, 0.5) is 0 Å². The second kappa shape index (κ2) is 9.89. The van der Waals surface area contributed by atoms with Gasteiger partial charge in [-0.15, -0.1) is 0 Å². The second-order valence-electron chi connectivity index (χ2n) is 3.27. The van der Waals surface area contributed by atoms with Crippen molar-refractivity contribution in [1.29, 1.82) is 0 Å². The van der Waals surface area contributed by atoms with Crippen molar-refractivity contribution in [2.75, 3.05) is 33.4 Å². The first kappa shape index (κ1) is 14.3. The molecule has 0 fully saturated rings. The Bertz CT molecular complexity index is 165. The monoisotopic (exact) mass is 218 g/mol. The van der Waals surface area contributed by atoms with Gasteiger partial charge in [0.15, 0.2) is 0 Å². The summed E-state index contributed by atoms with van der Waals surface area (Å²) in [6.07, 6.45) is 1.83. The molecule has 5 nitrogen and oxygen atoms in total. The number of nitrogens with two attached hydrogens (primary N) is 1. The molecule has 0 radical (unpaired) electrons. The average molecular weight is 218 g/mol. The smallest absolute Gasteiger partial charge is 0.319 e. The van der Waals surface area contributed by atoms with Gasteiger partial charge >= 0.3 is 5.97 Å². The summed E-state index contributed by atoms with van der Waals surface area (Å²) in [6, 6.07) is 0.169. The zero-order chi connectivity index (χ0) is 11.5. The number of rotatable bonds is 9. The predicted octanol–water partition coefficient (Wildman–Crippen LogP) is -0.107. The first-order valence-corrected chi connectivity index (χ1v) is 5.32. The van der Waals surface area contributed by atoms with Crippen LogP contribution in [0.3, 0.4) is 0 Å². The maximum Gasteiger partial charge on any atom is 0.319 e. The molecule has 0 aliphatic rings. The number of hydrogen-bond acceptors (Lipinski definition) is 5. The highest BCUT2D eigenvalue weighted by Gasteiger charge is 2.09. The van der Waals surface area contributed by atoms with Crippen LogP contribution in [0.25, 0.3) is 0 Å². The van der Waals surface area contributed by atoms with Crippen molar-refractivity contribution in [3.8, 4) is 0 Å². The summed E-state index contributed by atoms with van der Waals surface area (Å²) in [5.74, 6) is -0.230. The average Bonchev–Trinajstić information content (AvgIpc) is 2.22. The van der Waals surface area contributed by atoms with Crippen molar-refractivity contribution < 1.29 is 14.3 Å². The number of ether oxygens (including phenoxy) is 2. The molecule has 3 N–H and O–H groups in total. The normalized spacial score (nSPS) is 12.5. The molecule has 0 saturated carbocycles. The third-order valence-electron chi connectivity index (χ3n) is 1.96. The Kier molecular flexibility index (Phi) is 9.46. The Labute approximate surface area is 91.3 Å². The van der Waals surface area contributed by atoms with Gasteiger partial charge in [0, 0.05) is 13.2 Å². The van der Waals surface area contributed by atoms with Crippen molar-refractivity contribution in [2.45, 2.75) is 25.8 Å². The Balaban J connectivity index is 3.68. The van der Waals surface area contributed by atoms with Crippen molar-refractivity contribution in [3.05, 3.63) is 0 Å². The summed E-state index contributed by atoms with van der Waals surface area (Å²) in [5, 5.41) is 3.08. The lowest BCUT2D eigenvalue weighted by Crippen LogP contribution is -2.37. The van der Waals surface area contributed by atoms with Crippen LogP contribution in [0.5, 0.6) is 0 Å². The first-order valence-electron chi connectivity index (χ1n) is 5.32. The minimum Gasteiger partial charge on any atom is -0.465 e. The van der Waals surface area contributed by atoms with Crippen molar-refractivity contribution >= 4 is 5.97 Å². The van der Waals surface area contributed by atoms with Gasteiger partial charge in [0.1, 0.15) is 0 Å². The van der Waals surface area contributed by atoms with Gasteiger partial charge < -0.3 is 20.5 Å². The maximum atomic E-state index is 11.1. The number of carbonyl (C=O) groups excluding carboxylic acids is 1. The largest absolute Gasteiger partial charge is 0.465 e. The Hall–Kier alpha value is -0.650. The standard InChI is InChI=1S/C10H22N2O3/c1-3-15-10(13)7-12-9(8-14-2)5-4-6-11/h9,12H,3-8,11H2,1-2H3. The summed E-state index contributed by atoms with van der Waals surface area (Å²) < 4.78 is 9.85. The van der Waals surface area contributed by atoms with Crippen molar-refractivity contribution in [2.24, 2.45) is 5.73 Å². The van der Waals surface area contributed by atoms with E-state index in [0.717, 1.165) is 12.8 Å². The molecule has 0 spiro atoms. The van der Waals surface area contributed by atoms with Crippen LogP contribution in [0.15, 0.2) is 0 Å². The highest BCUT2D eigenvalue weighted by molar-refractivity contribution is 5.71. The highest BCUT2D eigenvalue weighted by atomic mass is 16.5. The number of hydrogen-bond donors (Lipinski definition) is 2. The second-order valence-corrected chi connectivity index (χ2v) is 3.27. The predicted molar refractivity (Wildman–Crippen MR) is 58.6 cm³/mol. The van der Waals surface area contributed by atoms with Crippen LogP contribution in [0.2, 0.25) is 0 Å². The molecule has 0 aromatic carbocycles. The Morgan fingerprint density at radius 3 is 2.80 bits per heavy atom. The van der Waals surface area contributed by atoms with Gasteiger partial charge in [-0.3, -0.25) is 4.79 Å². The first-order chi connectivity index (χ1) is 7.24. The molecule has 0 rings (SSSR count). The number of carbonyl (C=O) groups is 1. The van der Waals surface area contributed by atoms with E-state index in [0.29, 0.717) is 19.8 Å². The van der Waals surface area contributed by atoms with Crippen LogP contribution < -0.4 is 11.1 Å². The summed E-state index contributed by atoms with van der Waals surface area (Å²) in [4.78, 5) is 11.1. The fourth-order valence-electron chi connectivity index (χ4n) is 1.25. The zero-order valence-electron chi connectivity index (χ0n) is 9.62. The van der Waals surface area contributed by atoms with Crippen LogP contribution in [-0.2, 0) is 14.3 Å². The van der Waals surface area contributed by atoms with Crippen LogP contribution in [0.1, 0.15) is 19.8 Å². The summed E-state index contributed by atoms with van der Waals surface area (Å²) in [5.41, 5.74) is 5.42. The molecule has 0 aliphatic heterocycles. The molecule has 0 bridgehead atoms. The number of nitrogens with one attached hydrogen (secondary N) is 1. The molecule has 0 aliphatic carbocycles. The Morgan fingerprint density at radius 1 is 1.53 bits per heavy atom. The lowest BCUT2D eigenvalue weighted by atomic mass is 10.1. The number of esters is 1. The molecule has 0 aromatic heterocycles. The van der Waals surface area contributed by atoms with E-state index >= 15 is 0 Å². The van der Waals surface area contributed by atoms with Crippen LogP contribution in [0, 0.1) is 0 Å². The van der Waals surface area contributed by atoms with Gasteiger partial charge in [-0.05, 0) is 26.3 Å². The van der Waals surface area contributed by atoms with E-state index in [1.807, 2.05) is 0 Å². The van der Waals surface area contributed by atoms with Gasteiger partial charge in [-0.2, -0.15) is 0 Å². The SMILES string of the molecule is CCOC(=O)CNC(CCCN)COC. The molecule has 15 heavy (non-hydrogen) atoms. The quantitative estimate of drug-likeness (QED) is 0.528. The third-order valence-corrected chi connectivity index (χ3v) is 1.96. The summed E-state index contributed by atoms with van der Waals surface area (Å²) >= 11 is 0. The van der Waals surface area contributed by atoms with Crippen molar-refractivity contribution in [3.63, 3.8) is 0 Å². The van der Waals surface area contributed by atoms with Gasteiger partial charge in [0.2, 0.25) is 0 Å². The van der Waals surface area contributed by atoms with Crippen LogP contribution in [-0.4, -0.2) is 45.4 Å². The van der Waals surface area contributed by atoms with E-state index in [9.17, 15) is 4.79 Å². The third kappa shape index (κ3) is 8.35. The molecule has 1 unspecified atom stereocenters. The zero-order valence-corrected chi connectivity index (χ0v) is 9.62. The topological polar surface area (TPSA) is 73.6 Å². The van der Waals surface area contributed by atoms with Gasteiger partial charge in [-0.25, -0.2) is 0 Å². The molecular formula is C10H22N2O3. The van der Waals surface area contributed by atoms with Crippen molar-refractivity contribution in [1.82, 2.24) is 5.32 Å². The summed E-state index contributed by atoms with van der Waals surface area (Å²) in [7, 11) is 1.64. The fourth-order valence-corrected chi connectivity index (χ4v) is 1.25. The van der Waals surface area contributed by atoms with E-state index in [1.54, 1.807) is 14.0 Å². The van der Waals surface area contributed by atoms with E-state index in [4.69, 9.17) is 15.2 Å². The lowest BCUT2D eigenvalue weighted by Gasteiger charge is -2.16. The molecular weight excluding hydrogens is 196 g/mol. The van der Waals surface area contributed by atoms with Gasteiger partial charge in [0.05, 0.1) is 19.8 Å². The van der Waals surface area contributed by atoms with E-state index < -0.39 is 0 Å². The molecule has 1 atom stereocenters. The molecule has 0 heterocycles. The highest BCUT2D eigenvalue weighted by Crippen LogP contribution is 1.96. The minimum absolute atomic E-state index is 0.169. The Morgan fingerprint density at radius 2 is 2.27 bits per heavy atom. The summed E-state index contributed by atoms with van der Waals surface area (Å²) in [6.45, 7) is 3.67. The van der Waals surface area contributed by atoms with E-state index in [2.05, 4.69) is 5.32 Å². The fraction of sp³-hybridized carbons (Fsp3) is 0.900. The molecule has 0 aromatic rings.